The minimum atomic E-state index is -4.07. The van der Waals surface area contributed by atoms with Gasteiger partial charge in [0, 0.05) is 5.41 Å². The number of nitrogens with one attached hydrogen (secondary N) is 1. The maximum absolute atomic E-state index is 13.4. The van der Waals surface area contributed by atoms with Gasteiger partial charge in [-0.15, -0.1) is 0 Å². The van der Waals surface area contributed by atoms with Crippen LogP contribution in [0.5, 0.6) is 0 Å². The Morgan fingerprint density at radius 1 is 1.03 bits per heavy atom. The monoisotopic (exact) mass is 485 g/mol. The molecule has 0 aromatic heterocycles. The topological polar surface area (TPSA) is 89.5 Å². The van der Waals surface area contributed by atoms with E-state index in [1.54, 1.807) is 12.1 Å². The zero-order valence-electron chi connectivity index (χ0n) is 19.1. The van der Waals surface area contributed by atoms with Crippen LogP contribution in [0.2, 0.25) is 0 Å². The van der Waals surface area contributed by atoms with E-state index in [1.807, 2.05) is 0 Å². The third kappa shape index (κ3) is 4.24. The van der Waals surface area contributed by atoms with Gasteiger partial charge in [0.15, 0.2) is 12.4 Å². The molecule has 2 aromatic carbocycles. The molecule has 2 aromatic rings. The molecule has 180 valence electrons. The summed E-state index contributed by atoms with van der Waals surface area (Å²) >= 11 is 0. The van der Waals surface area contributed by atoms with Crippen molar-refractivity contribution in [3.63, 3.8) is 0 Å². The average molecular weight is 486 g/mol. The van der Waals surface area contributed by atoms with Crippen molar-refractivity contribution in [1.82, 2.24) is 0 Å². The Bertz CT molecular complexity index is 1220. The first-order chi connectivity index (χ1) is 16.1. The maximum atomic E-state index is 13.4. The van der Waals surface area contributed by atoms with E-state index in [0.29, 0.717) is 17.8 Å². The molecular weight excluding hydrogens is 457 g/mol. The summed E-state index contributed by atoms with van der Waals surface area (Å²) in [5.74, 6) is 0.513. The first-order valence-electron chi connectivity index (χ1n) is 11.7. The number of aryl methyl sites for hydroxylation is 1. The highest BCUT2D eigenvalue weighted by atomic mass is 32.2. The first-order valence-corrected chi connectivity index (χ1v) is 13.2. The average Bonchev–Trinajstić information content (AvgIpc) is 2.76. The van der Waals surface area contributed by atoms with Crippen LogP contribution in [0.25, 0.3) is 0 Å². The summed E-state index contributed by atoms with van der Waals surface area (Å²) in [6, 6.07) is 9.46. The van der Waals surface area contributed by atoms with Gasteiger partial charge in [-0.3, -0.25) is 9.52 Å². The number of esters is 1. The normalized spacial score (nSPS) is 27.4. The van der Waals surface area contributed by atoms with E-state index in [-0.39, 0.29) is 39.5 Å². The Kier molecular flexibility index (Phi) is 5.74. The van der Waals surface area contributed by atoms with Crippen LogP contribution in [-0.4, -0.2) is 26.8 Å². The second-order valence-corrected chi connectivity index (χ2v) is 11.9. The van der Waals surface area contributed by atoms with Crippen LogP contribution >= 0.6 is 0 Å². The summed E-state index contributed by atoms with van der Waals surface area (Å²) in [5.41, 5.74) is -0.0627. The van der Waals surface area contributed by atoms with Crippen molar-refractivity contribution in [1.29, 1.82) is 0 Å². The first kappa shape index (κ1) is 23.0. The van der Waals surface area contributed by atoms with E-state index >= 15 is 0 Å². The van der Waals surface area contributed by atoms with E-state index in [2.05, 4.69) is 4.72 Å². The third-order valence-electron chi connectivity index (χ3n) is 7.78. The molecule has 0 atom stereocenters. The minimum Gasteiger partial charge on any atom is -0.454 e. The predicted octanol–water partition coefficient (Wildman–Crippen LogP) is 4.88. The maximum Gasteiger partial charge on any atom is 0.340 e. The van der Waals surface area contributed by atoms with E-state index in [0.717, 1.165) is 31.4 Å². The molecule has 4 bridgehead atoms. The van der Waals surface area contributed by atoms with Crippen molar-refractivity contribution in [2.24, 2.45) is 23.2 Å². The number of ether oxygens (including phenoxy) is 1. The SMILES string of the molecule is Cc1cc(F)ccc1S(=O)(=O)Nc1ccccc1C(=O)OCC(=O)C12CC3CC(CC(C3)C1)C2. The molecule has 0 heterocycles. The fourth-order valence-corrected chi connectivity index (χ4v) is 7.99. The molecule has 1 N–H and O–H groups in total. The number of ketones is 1. The van der Waals surface area contributed by atoms with E-state index in [1.165, 1.54) is 44.4 Å². The number of carbonyl (C=O) groups excluding carboxylic acids is 2. The van der Waals surface area contributed by atoms with Crippen molar-refractivity contribution >= 4 is 27.5 Å². The van der Waals surface area contributed by atoms with Crippen LogP contribution in [0.3, 0.4) is 0 Å². The van der Waals surface area contributed by atoms with E-state index in [4.69, 9.17) is 4.74 Å². The fourth-order valence-electron chi connectivity index (χ4n) is 6.68. The van der Waals surface area contributed by atoms with Gasteiger partial charge in [0.25, 0.3) is 10.0 Å². The van der Waals surface area contributed by atoms with Crippen molar-refractivity contribution in [3.05, 3.63) is 59.4 Å². The molecule has 0 unspecified atom stereocenters. The van der Waals surface area contributed by atoms with Crippen LogP contribution in [0.1, 0.15) is 54.4 Å². The Morgan fingerprint density at radius 2 is 1.65 bits per heavy atom. The number of halogens is 1. The molecule has 4 aliphatic rings. The molecule has 4 fully saturated rings. The van der Waals surface area contributed by atoms with Gasteiger partial charge in [0.2, 0.25) is 0 Å². The lowest BCUT2D eigenvalue weighted by atomic mass is 9.48. The molecule has 6 nitrogen and oxygen atoms in total. The van der Waals surface area contributed by atoms with E-state index < -0.39 is 21.8 Å². The number of carbonyl (C=O) groups is 2. The molecule has 0 aliphatic heterocycles. The predicted molar refractivity (Wildman–Crippen MR) is 124 cm³/mol. The number of benzene rings is 2. The summed E-state index contributed by atoms with van der Waals surface area (Å²) in [6.45, 7) is 1.19. The Morgan fingerprint density at radius 3 is 2.26 bits per heavy atom. The van der Waals surface area contributed by atoms with Gasteiger partial charge in [-0.2, -0.15) is 0 Å². The largest absolute Gasteiger partial charge is 0.454 e. The number of anilines is 1. The third-order valence-corrected chi connectivity index (χ3v) is 9.31. The summed E-state index contributed by atoms with van der Waals surface area (Å²) in [4.78, 5) is 26.0. The number of rotatable bonds is 7. The van der Waals surface area contributed by atoms with Crippen molar-refractivity contribution in [3.8, 4) is 0 Å². The van der Waals surface area contributed by atoms with Crippen LogP contribution in [0.4, 0.5) is 10.1 Å². The fraction of sp³-hybridized carbons (Fsp3) is 0.462. The lowest BCUT2D eigenvalue weighted by Gasteiger charge is -2.55. The minimum absolute atomic E-state index is 0.0139. The number of Topliss-reactive ketones (excluding diaryl/α,β-unsaturated/α-hetero) is 1. The number of sulfonamides is 1. The van der Waals surface area contributed by atoms with Crippen molar-refractivity contribution in [2.75, 3.05) is 11.3 Å². The quantitative estimate of drug-likeness (QED) is 0.565. The lowest BCUT2D eigenvalue weighted by molar-refractivity contribution is -0.147. The molecule has 0 amide bonds. The van der Waals surface area contributed by atoms with Gasteiger partial charge in [-0.1, -0.05) is 12.1 Å². The molecule has 8 heteroatoms. The standard InChI is InChI=1S/C26H28FNO5S/c1-16-8-20(27)6-7-23(16)34(31,32)28-22-5-3-2-4-21(22)25(30)33-15-24(29)26-12-17-9-18(13-26)11-19(10-17)14-26/h2-8,17-19,28H,9-15H2,1H3. The highest BCUT2D eigenvalue weighted by Crippen LogP contribution is 2.60. The lowest BCUT2D eigenvalue weighted by Crippen LogP contribution is -2.51. The van der Waals surface area contributed by atoms with Crippen LogP contribution in [0.15, 0.2) is 47.4 Å². The Balaban J connectivity index is 1.30. The van der Waals surface area contributed by atoms with Gasteiger partial charge >= 0.3 is 5.97 Å². The molecular formula is C26H28FNO5S. The van der Waals surface area contributed by atoms with Crippen molar-refractivity contribution in [2.45, 2.75) is 50.3 Å². The molecule has 34 heavy (non-hydrogen) atoms. The molecule has 0 radical (unpaired) electrons. The molecule has 4 saturated carbocycles. The van der Waals surface area contributed by atoms with Gasteiger partial charge < -0.3 is 4.74 Å². The molecule has 0 saturated heterocycles. The van der Waals surface area contributed by atoms with Crippen LogP contribution in [0, 0.1) is 35.9 Å². The zero-order valence-corrected chi connectivity index (χ0v) is 19.9. The van der Waals surface area contributed by atoms with Crippen molar-refractivity contribution < 1.29 is 27.1 Å². The highest BCUT2D eigenvalue weighted by molar-refractivity contribution is 7.92. The summed E-state index contributed by atoms with van der Waals surface area (Å²) < 4.78 is 47.0. The van der Waals surface area contributed by atoms with Gasteiger partial charge in [0.05, 0.1) is 16.1 Å². The van der Waals surface area contributed by atoms with Gasteiger partial charge in [0.1, 0.15) is 5.82 Å². The summed E-state index contributed by atoms with van der Waals surface area (Å²) in [7, 11) is -4.07. The number of hydrogen-bond donors (Lipinski definition) is 1. The number of hydrogen-bond acceptors (Lipinski definition) is 5. The Hall–Kier alpha value is -2.74. The number of para-hydroxylation sites is 1. The van der Waals surface area contributed by atoms with Gasteiger partial charge in [-0.25, -0.2) is 17.6 Å². The smallest absolute Gasteiger partial charge is 0.340 e. The van der Waals surface area contributed by atoms with Gasteiger partial charge in [-0.05, 0) is 99.1 Å². The molecule has 4 aliphatic carbocycles. The summed E-state index contributed by atoms with van der Waals surface area (Å²) in [5, 5.41) is 0. The molecule has 6 rings (SSSR count). The second-order valence-electron chi connectivity index (χ2n) is 10.3. The Labute approximate surface area is 198 Å². The zero-order chi connectivity index (χ0) is 24.1. The highest BCUT2D eigenvalue weighted by Gasteiger charge is 2.54. The van der Waals surface area contributed by atoms with Crippen LogP contribution in [-0.2, 0) is 19.6 Å². The van der Waals surface area contributed by atoms with E-state index in [9.17, 15) is 22.4 Å². The second kappa shape index (κ2) is 8.48. The van der Waals surface area contributed by atoms with Crippen LogP contribution < -0.4 is 4.72 Å². The molecule has 0 spiro atoms. The summed E-state index contributed by atoms with van der Waals surface area (Å²) in [6.07, 6.45) is 6.32.